The quantitative estimate of drug-likeness (QED) is 0.323. The van der Waals surface area contributed by atoms with Crippen LogP contribution in [0.2, 0.25) is 0 Å². The van der Waals surface area contributed by atoms with Crippen molar-refractivity contribution >= 4 is 11.9 Å². The maximum absolute atomic E-state index is 12.5. The van der Waals surface area contributed by atoms with E-state index in [0.29, 0.717) is 0 Å². The van der Waals surface area contributed by atoms with Gasteiger partial charge in [0, 0.05) is 0 Å². The van der Waals surface area contributed by atoms with Crippen LogP contribution in [0.3, 0.4) is 0 Å². The SMILES string of the molecule is O=C(O)C(C(=O)O)=C(F)CC(F)(F)F. The van der Waals surface area contributed by atoms with E-state index in [-0.39, 0.29) is 0 Å². The van der Waals surface area contributed by atoms with Crippen LogP contribution in [0, 0.1) is 0 Å². The zero-order valence-corrected chi connectivity index (χ0v) is 6.43. The van der Waals surface area contributed by atoms with Gasteiger partial charge in [0.05, 0.1) is 6.42 Å². The molecule has 2 N–H and O–H groups in total. The molecule has 0 radical (unpaired) electrons. The van der Waals surface area contributed by atoms with Crippen molar-refractivity contribution < 1.29 is 37.4 Å². The summed E-state index contributed by atoms with van der Waals surface area (Å²) in [6.07, 6.45) is -7.19. The lowest BCUT2D eigenvalue weighted by Crippen LogP contribution is -2.16. The molecular weight excluding hydrogens is 212 g/mol. The van der Waals surface area contributed by atoms with Crippen molar-refractivity contribution in [1.29, 1.82) is 0 Å². The van der Waals surface area contributed by atoms with E-state index < -0.39 is 35.9 Å². The van der Waals surface area contributed by atoms with Gasteiger partial charge in [0.1, 0.15) is 5.83 Å². The monoisotopic (exact) mass is 216 g/mol. The Kier molecular flexibility index (Phi) is 3.61. The Morgan fingerprint density at radius 3 is 1.64 bits per heavy atom. The van der Waals surface area contributed by atoms with E-state index in [1.54, 1.807) is 0 Å². The molecule has 0 rings (SSSR count). The van der Waals surface area contributed by atoms with E-state index in [1.807, 2.05) is 0 Å². The van der Waals surface area contributed by atoms with Gasteiger partial charge in [-0.25, -0.2) is 14.0 Å². The van der Waals surface area contributed by atoms with Crippen LogP contribution < -0.4 is 0 Å². The summed E-state index contributed by atoms with van der Waals surface area (Å²) in [7, 11) is 0. The van der Waals surface area contributed by atoms with Gasteiger partial charge in [-0.15, -0.1) is 0 Å². The Bertz CT molecular complexity index is 275. The highest BCUT2D eigenvalue weighted by atomic mass is 19.4. The van der Waals surface area contributed by atoms with Gasteiger partial charge in [0.25, 0.3) is 0 Å². The molecule has 0 fully saturated rings. The minimum Gasteiger partial charge on any atom is -0.477 e. The van der Waals surface area contributed by atoms with E-state index in [4.69, 9.17) is 10.2 Å². The zero-order valence-electron chi connectivity index (χ0n) is 6.43. The number of hydrogen-bond acceptors (Lipinski definition) is 2. The molecule has 4 nitrogen and oxygen atoms in total. The summed E-state index contributed by atoms with van der Waals surface area (Å²) in [5.41, 5.74) is -1.90. The average Bonchev–Trinajstić information content (AvgIpc) is 1.78. The maximum atomic E-state index is 12.5. The molecule has 0 unspecified atom stereocenters. The first kappa shape index (κ1) is 12.4. The number of allylic oxidation sites excluding steroid dienone is 1. The van der Waals surface area contributed by atoms with Gasteiger partial charge in [0.2, 0.25) is 0 Å². The first-order valence-electron chi connectivity index (χ1n) is 3.07. The number of aliphatic carboxylic acids is 2. The summed E-state index contributed by atoms with van der Waals surface area (Å²) in [6.45, 7) is 0. The topological polar surface area (TPSA) is 74.6 Å². The first-order chi connectivity index (χ1) is 6.15. The highest BCUT2D eigenvalue weighted by Gasteiger charge is 2.34. The van der Waals surface area contributed by atoms with Crippen LogP contribution in [-0.4, -0.2) is 28.3 Å². The molecule has 0 aromatic rings. The second-order valence-corrected chi connectivity index (χ2v) is 2.18. The molecular formula is C6H4F4O4. The van der Waals surface area contributed by atoms with E-state index in [0.717, 1.165) is 0 Å². The second kappa shape index (κ2) is 4.07. The Labute approximate surface area is 74.4 Å². The number of halogens is 4. The summed E-state index contributed by atoms with van der Waals surface area (Å²) in [5.74, 6) is -6.73. The van der Waals surface area contributed by atoms with E-state index in [2.05, 4.69) is 0 Å². The molecule has 0 bridgehead atoms. The molecule has 0 aromatic heterocycles. The van der Waals surface area contributed by atoms with Gasteiger partial charge in [0.15, 0.2) is 5.57 Å². The first-order valence-corrected chi connectivity index (χ1v) is 3.07. The van der Waals surface area contributed by atoms with E-state index >= 15 is 0 Å². The smallest absolute Gasteiger partial charge is 0.395 e. The number of hydrogen-bond donors (Lipinski definition) is 2. The molecule has 0 aromatic carbocycles. The third-order valence-electron chi connectivity index (χ3n) is 1.05. The highest BCUT2D eigenvalue weighted by molar-refractivity contribution is 6.12. The number of rotatable bonds is 3. The van der Waals surface area contributed by atoms with E-state index in [1.165, 1.54) is 0 Å². The van der Waals surface area contributed by atoms with Gasteiger partial charge in [-0.3, -0.25) is 0 Å². The lowest BCUT2D eigenvalue weighted by Gasteiger charge is -2.04. The van der Waals surface area contributed by atoms with Crippen molar-refractivity contribution in [2.75, 3.05) is 0 Å². The van der Waals surface area contributed by atoms with Crippen LogP contribution in [-0.2, 0) is 9.59 Å². The lowest BCUT2D eigenvalue weighted by atomic mass is 10.2. The van der Waals surface area contributed by atoms with Crippen LogP contribution in [0.4, 0.5) is 17.6 Å². The normalized spacial score (nSPS) is 10.9. The van der Waals surface area contributed by atoms with Gasteiger partial charge in [-0.1, -0.05) is 0 Å². The number of carbonyl (C=O) groups is 2. The Morgan fingerprint density at radius 1 is 1.07 bits per heavy atom. The van der Waals surface area contributed by atoms with Crippen molar-refractivity contribution in [3.05, 3.63) is 11.4 Å². The summed E-state index contributed by atoms with van der Waals surface area (Å²) >= 11 is 0. The third-order valence-corrected chi connectivity index (χ3v) is 1.05. The van der Waals surface area contributed by atoms with Crippen molar-refractivity contribution in [3.63, 3.8) is 0 Å². The molecule has 80 valence electrons. The lowest BCUT2D eigenvalue weighted by molar-refractivity contribution is -0.141. The standard InChI is InChI=1S/C6H4F4O4/c7-2(1-6(8,9)10)3(4(11)12)5(13)14/h1H2,(H,11,12)(H,13,14). The molecule has 8 heteroatoms. The average molecular weight is 216 g/mol. The minimum atomic E-state index is -4.99. The molecule has 0 saturated carbocycles. The molecule has 0 atom stereocenters. The Morgan fingerprint density at radius 2 is 1.43 bits per heavy atom. The minimum absolute atomic E-state index is 1.90. The fourth-order valence-electron chi connectivity index (χ4n) is 0.588. The van der Waals surface area contributed by atoms with E-state index in [9.17, 15) is 27.2 Å². The molecule has 0 amide bonds. The summed E-state index contributed by atoms with van der Waals surface area (Å²) < 4.78 is 47.1. The summed E-state index contributed by atoms with van der Waals surface area (Å²) in [6, 6.07) is 0. The molecule has 0 saturated heterocycles. The predicted octanol–water partition coefficient (Wildman–Crippen LogP) is 1.33. The van der Waals surface area contributed by atoms with Crippen LogP contribution >= 0.6 is 0 Å². The van der Waals surface area contributed by atoms with Gasteiger partial charge < -0.3 is 10.2 Å². The van der Waals surface area contributed by atoms with Crippen molar-refractivity contribution in [3.8, 4) is 0 Å². The summed E-state index contributed by atoms with van der Waals surface area (Å²) in [4.78, 5) is 20.0. The van der Waals surface area contributed by atoms with Crippen molar-refractivity contribution in [1.82, 2.24) is 0 Å². The predicted molar refractivity (Wildman–Crippen MR) is 34.1 cm³/mol. The van der Waals surface area contributed by atoms with Crippen LogP contribution in [0.25, 0.3) is 0 Å². The molecule has 0 aliphatic heterocycles. The second-order valence-electron chi connectivity index (χ2n) is 2.18. The molecule has 0 aliphatic carbocycles. The van der Waals surface area contributed by atoms with Crippen LogP contribution in [0.1, 0.15) is 6.42 Å². The number of carboxylic acid groups (broad SMARTS) is 2. The van der Waals surface area contributed by atoms with Gasteiger partial charge in [-0.2, -0.15) is 13.2 Å². The van der Waals surface area contributed by atoms with Crippen LogP contribution in [0.5, 0.6) is 0 Å². The fourth-order valence-corrected chi connectivity index (χ4v) is 0.588. The largest absolute Gasteiger partial charge is 0.477 e. The zero-order chi connectivity index (χ0) is 11.5. The fraction of sp³-hybridized carbons (Fsp3) is 0.333. The van der Waals surface area contributed by atoms with Gasteiger partial charge in [-0.05, 0) is 0 Å². The summed E-state index contributed by atoms with van der Waals surface area (Å²) in [5, 5.41) is 16.1. The maximum Gasteiger partial charge on any atom is 0.395 e. The molecule has 0 heterocycles. The van der Waals surface area contributed by atoms with Crippen molar-refractivity contribution in [2.45, 2.75) is 12.6 Å². The third kappa shape index (κ3) is 3.87. The highest BCUT2D eigenvalue weighted by Crippen LogP contribution is 2.27. The van der Waals surface area contributed by atoms with Gasteiger partial charge >= 0.3 is 18.1 Å². The van der Waals surface area contributed by atoms with Crippen LogP contribution in [0.15, 0.2) is 11.4 Å². The Hall–Kier alpha value is -1.60. The molecule has 14 heavy (non-hydrogen) atoms. The molecule has 0 aliphatic rings. The molecule has 0 spiro atoms. The number of alkyl halides is 3. The Balaban J connectivity index is 5.03. The van der Waals surface area contributed by atoms with Crippen molar-refractivity contribution in [2.24, 2.45) is 0 Å². The number of carboxylic acids is 2.